The van der Waals surface area contributed by atoms with E-state index in [9.17, 15) is 0 Å². The Morgan fingerprint density at radius 3 is 2.93 bits per heavy atom. The van der Waals surface area contributed by atoms with Gasteiger partial charge >= 0.3 is 6.01 Å². The van der Waals surface area contributed by atoms with Gasteiger partial charge in [-0.2, -0.15) is 10.1 Å². The number of hydrogen-bond acceptors (Lipinski definition) is 7. The van der Waals surface area contributed by atoms with Crippen molar-refractivity contribution in [1.82, 2.24) is 19.7 Å². The average molecular weight is 410 g/mol. The van der Waals surface area contributed by atoms with Crippen molar-refractivity contribution in [2.75, 3.05) is 26.4 Å². The van der Waals surface area contributed by atoms with Crippen LogP contribution in [-0.4, -0.2) is 52.3 Å². The van der Waals surface area contributed by atoms with E-state index in [0.717, 1.165) is 54.6 Å². The van der Waals surface area contributed by atoms with Crippen LogP contribution in [0, 0.1) is 0 Å². The SMILES string of the molecule is C[C@@H]1COCCCOc2ccc3c(c2)c(nn3C2CCCCO2)-c2ccnc(n2)O1. The third-order valence-electron chi connectivity index (χ3n) is 5.34. The number of hydrogen-bond donors (Lipinski definition) is 0. The molecule has 4 heterocycles. The van der Waals surface area contributed by atoms with Gasteiger partial charge in [-0.1, -0.05) is 0 Å². The maximum Gasteiger partial charge on any atom is 0.317 e. The Kier molecular flexibility index (Phi) is 5.50. The lowest BCUT2D eigenvalue weighted by Gasteiger charge is -2.23. The molecular weight excluding hydrogens is 384 g/mol. The van der Waals surface area contributed by atoms with Gasteiger partial charge in [-0.05, 0) is 50.5 Å². The van der Waals surface area contributed by atoms with E-state index in [1.165, 1.54) is 0 Å². The van der Waals surface area contributed by atoms with Crippen molar-refractivity contribution in [2.24, 2.45) is 0 Å². The fourth-order valence-electron chi connectivity index (χ4n) is 3.88. The molecule has 0 N–H and O–H groups in total. The molecule has 1 saturated heterocycles. The molecular formula is C22H26N4O4. The molecule has 4 bridgehead atoms. The molecule has 2 aromatic heterocycles. The van der Waals surface area contributed by atoms with Crippen LogP contribution >= 0.6 is 0 Å². The number of ether oxygens (including phenoxy) is 4. The van der Waals surface area contributed by atoms with Crippen LogP contribution in [0.4, 0.5) is 0 Å². The van der Waals surface area contributed by atoms with Gasteiger partial charge in [0.15, 0.2) is 6.23 Å². The largest absolute Gasteiger partial charge is 0.493 e. The van der Waals surface area contributed by atoms with E-state index in [4.69, 9.17) is 24.0 Å². The van der Waals surface area contributed by atoms with Gasteiger partial charge < -0.3 is 18.9 Å². The smallest absolute Gasteiger partial charge is 0.317 e. The molecule has 5 rings (SSSR count). The summed E-state index contributed by atoms with van der Waals surface area (Å²) in [7, 11) is 0. The molecule has 158 valence electrons. The highest BCUT2D eigenvalue weighted by molar-refractivity contribution is 5.93. The summed E-state index contributed by atoms with van der Waals surface area (Å²) in [5.41, 5.74) is 2.49. The third kappa shape index (κ3) is 3.97. The second kappa shape index (κ2) is 8.57. The molecule has 8 nitrogen and oxygen atoms in total. The molecule has 1 aromatic carbocycles. The molecule has 1 fully saturated rings. The molecule has 0 amide bonds. The van der Waals surface area contributed by atoms with E-state index in [1.54, 1.807) is 6.20 Å². The van der Waals surface area contributed by atoms with Gasteiger partial charge in [0.1, 0.15) is 17.5 Å². The quantitative estimate of drug-likeness (QED) is 0.604. The standard InChI is InChI=1S/C22H26N4O4/c1-15-14-27-10-4-12-28-16-6-7-19-17(13-16)21(18-8-9-23-22(24-18)30-15)25-26(19)20-5-2-3-11-29-20/h6-9,13,15,20H,2-5,10-12,14H2,1H3/t15-,20?/m1/s1. The predicted octanol–water partition coefficient (Wildman–Crippen LogP) is 3.76. The Morgan fingerprint density at radius 2 is 2.03 bits per heavy atom. The van der Waals surface area contributed by atoms with E-state index in [1.807, 2.05) is 35.9 Å². The maximum absolute atomic E-state index is 6.01. The summed E-state index contributed by atoms with van der Waals surface area (Å²) in [5, 5.41) is 5.90. The van der Waals surface area contributed by atoms with Crippen molar-refractivity contribution >= 4 is 10.9 Å². The van der Waals surface area contributed by atoms with Crippen LogP contribution in [0.1, 0.15) is 38.8 Å². The van der Waals surface area contributed by atoms with E-state index in [0.29, 0.717) is 31.5 Å². The number of aromatic nitrogens is 4. The highest BCUT2D eigenvalue weighted by atomic mass is 16.5. The maximum atomic E-state index is 6.01. The van der Waals surface area contributed by atoms with Crippen LogP contribution in [-0.2, 0) is 9.47 Å². The summed E-state index contributed by atoms with van der Waals surface area (Å²) in [4.78, 5) is 8.89. The fourth-order valence-corrected chi connectivity index (χ4v) is 3.88. The van der Waals surface area contributed by atoms with Crippen molar-refractivity contribution in [2.45, 2.75) is 44.9 Å². The summed E-state index contributed by atoms with van der Waals surface area (Å²) in [6.45, 7) is 4.37. The zero-order valence-electron chi connectivity index (χ0n) is 17.1. The van der Waals surface area contributed by atoms with Gasteiger partial charge in [0.05, 0.1) is 24.4 Å². The lowest BCUT2D eigenvalue weighted by molar-refractivity contribution is -0.0365. The van der Waals surface area contributed by atoms with Crippen LogP contribution in [0.25, 0.3) is 22.3 Å². The lowest BCUT2D eigenvalue weighted by atomic mass is 10.1. The van der Waals surface area contributed by atoms with Gasteiger partial charge in [0, 0.05) is 31.2 Å². The molecule has 2 aliphatic rings. The van der Waals surface area contributed by atoms with E-state index in [-0.39, 0.29) is 12.3 Å². The number of rotatable bonds is 1. The zero-order chi connectivity index (χ0) is 20.3. The molecule has 1 unspecified atom stereocenters. The third-order valence-corrected chi connectivity index (χ3v) is 5.34. The first-order chi connectivity index (χ1) is 14.8. The van der Waals surface area contributed by atoms with Gasteiger partial charge in [-0.25, -0.2) is 9.67 Å². The Hall–Kier alpha value is -2.71. The van der Waals surface area contributed by atoms with E-state index >= 15 is 0 Å². The minimum absolute atomic E-state index is 0.0675. The monoisotopic (exact) mass is 410 g/mol. The highest BCUT2D eigenvalue weighted by Gasteiger charge is 2.23. The first-order valence-corrected chi connectivity index (χ1v) is 10.6. The number of nitrogens with zero attached hydrogens (tertiary/aromatic N) is 4. The van der Waals surface area contributed by atoms with Crippen LogP contribution in [0.5, 0.6) is 11.8 Å². The van der Waals surface area contributed by atoms with E-state index < -0.39 is 0 Å². The molecule has 30 heavy (non-hydrogen) atoms. The lowest BCUT2D eigenvalue weighted by Crippen LogP contribution is -2.21. The van der Waals surface area contributed by atoms with Crippen LogP contribution in [0.3, 0.4) is 0 Å². The predicted molar refractivity (Wildman–Crippen MR) is 111 cm³/mol. The average Bonchev–Trinajstić information content (AvgIpc) is 3.15. The second-order valence-electron chi connectivity index (χ2n) is 7.72. The highest BCUT2D eigenvalue weighted by Crippen LogP contribution is 2.34. The molecule has 0 radical (unpaired) electrons. The van der Waals surface area contributed by atoms with Crippen LogP contribution in [0.2, 0.25) is 0 Å². The van der Waals surface area contributed by atoms with Crippen molar-refractivity contribution in [3.63, 3.8) is 0 Å². The number of fused-ring (bicyclic) bond motifs is 4. The summed E-state index contributed by atoms with van der Waals surface area (Å²) in [5.74, 6) is 0.807. The molecule has 0 aliphatic carbocycles. The molecule has 0 saturated carbocycles. The molecule has 2 aliphatic heterocycles. The van der Waals surface area contributed by atoms with Gasteiger partial charge in [0.25, 0.3) is 0 Å². The zero-order valence-corrected chi connectivity index (χ0v) is 17.1. The topological polar surface area (TPSA) is 80.5 Å². The molecule has 2 atom stereocenters. The Bertz CT molecular complexity index is 1020. The fraction of sp³-hybridized carbons (Fsp3) is 0.500. The van der Waals surface area contributed by atoms with Crippen LogP contribution in [0.15, 0.2) is 30.5 Å². The minimum Gasteiger partial charge on any atom is -0.493 e. The van der Waals surface area contributed by atoms with Crippen molar-refractivity contribution in [3.05, 3.63) is 30.5 Å². The van der Waals surface area contributed by atoms with Gasteiger partial charge in [0.2, 0.25) is 0 Å². The van der Waals surface area contributed by atoms with Crippen LogP contribution < -0.4 is 9.47 Å². The number of benzene rings is 1. The Morgan fingerprint density at radius 1 is 1.07 bits per heavy atom. The van der Waals surface area contributed by atoms with Crippen molar-refractivity contribution < 1.29 is 18.9 Å². The Balaban J connectivity index is 1.62. The first kappa shape index (κ1) is 19.3. The molecule has 3 aromatic rings. The van der Waals surface area contributed by atoms with Crippen molar-refractivity contribution in [3.8, 4) is 23.1 Å². The molecule has 8 heteroatoms. The van der Waals surface area contributed by atoms with Gasteiger partial charge in [-0.15, -0.1) is 0 Å². The summed E-state index contributed by atoms with van der Waals surface area (Å²) in [6.07, 6.45) is 5.46. The van der Waals surface area contributed by atoms with E-state index in [2.05, 4.69) is 9.97 Å². The van der Waals surface area contributed by atoms with Gasteiger partial charge in [-0.3, -0.25) is 0 Å². The minimum atomic E-state index is -0.152. The Labute approximate surface area is 175 Å². The first-order valence-electron chi connectivity index (χ1n) is 10.6. The summed E-state index contributed by atoms with van der Waals surface area (Å²) >= 11 is 0. The molecule has 0 spiro atoms. The summed E-state index contributed by atoms with van der Waals surface area (Å²) in [6, 6.07) is 8.25. The normalized spacial score (nSPS) is 22.7. The van der Waals surface area contributed by atoms with Crippen molar-refractivity contribution in [1.29, 1.82) is 0 Å². The summed E-state index contributed by atoms with van der Waals surface area (Å²) < 4.78 is 25.5. The second-order valence-corrected chi connectivity index (χ2v) is 7.72.